The Morgan fingerprint density at radius 1 is 1.38 bits per heavy atom. The van der Waals surface area contributed by atoms with Crippen LogP contribution in [-0.2, 0) is 0 Å². The van der Waals surface area contributed by atoms with Crippen molar-refractivity contribution in [2.45, 2.75) is 13.0 Å². The summed E-state index contributed by atoms with van der Waals surface area (Å²) in [4.78, 5) is 11.7. The predicted octanol–water partition coefficient (Wildman–Crippen LogP) is 1.30. The van der Waals surface area contributed by atoms with Crippen LogP contribution in [0.5, 0.6) is 0 Å². The largest absolute Gasteiger partial charge is 0.344 e. The molecule has 0 saturated carbocycles. The molecule has 5 nitrogen and oxygen atoms in total. The van der Waals surface area contributed by atoms with Crippen LogP contribution in [0.1, 0.15) is 29.0 Å². The normalized spacial score (nSPS) is 12.1. The van der Waals surface area contributed by atoms with Gasteiger partial charge >= 0.3 is 0 Å². The number of hydrogen-bond acceptors (Lipinski definition) is 3. The van der Waals surface area contributed by atoms with E-state index in [-0.39, 0.29) is 11.9 Å². The maximum atomic E-state index is 11.7. The zero-order chi connectivity index (χ0) is 11.4. The van der Waals surface area contributed by atoms with Gasteiger partial charge in [0.15, 0.2) is 5.69 Å². The second-order valence-electron chi connectivity index (χ2n) is 3.46. The summed E-state index contributed by atoms with van der Waals surface area (Å²) in [5.41, 5.74) is 1.35. The van der Waals surface area contributed by atoms with Gasteiger partial charge < -0.3 is 5.32 Å². The molecule has 1 amide bonds. The first kappa shape index (κ1) is 10.4. The third-order valence-electron chi connectivity index (χ3n) is 2.29. The van der Waals surface area contributed by atoms with E-state index in [0.29, 0.717) is 5.69 Å². The lowest BCUT2D eigenvalue weighted by Gasteiger charge is -2.12. The Morgan fingerprint density at radius 2 is 2.12 bits per heavy atom. The number of nitrogens with one attached hydrogen (secondary N) is 2. The van der Waals surface area contributed by atoms with Gasteiger partial charge in [-0.05, 0) is 12.5 Å². The van der Waals surface area contributed by atoms with Crippen LogP contribution in [0.2, 0.25) is 0 Å². The van der Waals surface area contributed by atoms with Crippen molar-refractivity contribution in [1.29, 1.82) is 0 Å². The number of rotatable bonds is 3. The van der Waals surface area contributed by atoms with Crippen LogP contribution in [0.25, 0.3) is 0 Å². The molecule has 0 saturated heterocycles. The monoisotopic (exact) mass is 216 g/mol. The van der Waals surface area contributed by atoms with Gasteiger partial charge in [-0.15, -0.1) is 0 Å². The van der Waals surface area contributed by atoms with Crippen molar-refractivity contribution in [3.63, 3.8) is 0 Å². The summed E-state index contributed by atoms with van der Waals surface area (Å²) in [5.74, 6) is -0.231. The standard InChI is InChI=1S/C11H12N4O/c1-8(9-5-3-2-4-6-9)13-11(16)10-7-12-15-14-10/h2-8H,1H3,(H,13,16)(H,12,14,15)/t8-/m1/s1. The first-order chi connectivity index (χ1) is 7.77. The van der Waals surface area contributed by atoms with Crippen molar-refractivity contribution < 1.29 is 4.79 Å². The highest BCUT2D eigenvalue weighted by atomic mass is 16.2. The Balaban J connectivity index is 2.03. The number of H-pyrrole nitrogens is 1. The maximum absolute atomic E-state index is 11.7. The van der Waals surface area contributed by atoms with Gasteiger partial charge in [-0.25, -0.2) is 0 Å². The van der Waals surface area contributed by atoms with Gasteiger partial charge in [0.2, 0.25) is 0 Å². The average Bonchev–Trinajstić information content (AvgIpc) is 2.83. The molecule has 0 radical (unpaired) electrons. The van der Waals surface area contributed by atoms with Crippen molar-refractivity contribution in [3.05, 3.63) is 47.8 Å². The summed E-state index contributed by atoms with van der Waals surface area (Å²) >= 11 is 0. The van der Waals surface area contributed by atoms with Crippen molar-refractivity contribution in [2.24, 2.45) is 0 Å². The van der Waals surface area contributed by atoms with Gasteiger partial charge in [-0.1, -0.05) is 30.3 Å². The van der Waals surface area contributed by atoms with E-state index in [0.717, 1.165) is 5.56 Å². The average molecular weight is 216 g/mol. The number of amides is 1. The Hall–Kier alpha value is -2.17. The molecule has 1 atom stereocenters. The second kappa shape index (κ2) is 4.57. The minimum absolute atomic E-state index is 0.0506. The Kier molecular flexibility index (Phi) is 2.95. The molecule has 1 aromatic heterocycles. The van der Waals surface area contributed by atoms with Gasteiger partial charge in [0.1, 0.15) is 0 Å². The number of nitrogens with zero attached hydrogens (tertiary/aromatic N) is 2. The number of carbonyl (C=O) groups excluding carboxylic acids is 1. The van der Waals surface area contributed by atoms with E-state index in [1.165, 1.54) is 6.20 Å². The lowest BCUT2D eigenvalue weighted by Crippen LogP contribution is -2.26. The molecule has 2 rings (SSSR count). The van der Waals surface area contributed by atoms with Crippen LogP contribution in [-0.4, -0.2) is 21.3 Å². The third-order valence-corrected chi connectivity index (χ3v) is 2.29. The topological polar surface area (TPSA) is 70.7 Å². The minimum Gasteiger partial charge on any atom is -0.344 e. The molecular weight excluding hydrogens is 204 g/mol. The van der Waals surface area contributed by atoms with Gasteiger partial charge in [-0.2, -0.15) is 15.4 Å². The molecule has 0 aliphatic heterocycles. The lowest BCUT2D eigenvalue weighted by atomic mass is 10.1. The fraction of sp³-hybridized carbons (Fsp3) is 0.182. The van der Waals surface area contributed by atoms with Gasteiger partial charge in [0, 0.05) is 0 Å². The second-order valence-corrected chi connectivity index (χ2v) is 3.46. The lowest BCUT2D eigenvalue weighted by molar-refractivity contribution is 0.0935. The Morgan fingerprint density at radius 3 is 2.75 bits per heavy atom. The van der Waals surface area contributed by atoms with Crippen molar-refractivity contribution in [2.75, 3.05) is 0 Å². The summed E-state index contributed by atoms with van der Waals surface area (Å²) in [6.07, 6.45) is 1.40. The van der Waals surface area contributed by atoms with E-state index in [1.54, 1.807) is 0 Å². The summed E-state index contributed by atoms with van der Waals surface area (Å²) in [6.45, 7) is 1.92. The SMILES string of the molecule is C[C@@H](NC(=O)c1cn[nH]n1)c1ccccc1. The van der Waals surface area contributed by atoms with Gasteiger partial charge in [0.25, 0.3) is 5.91 Å². The summed E-state index contributed by atoms with van der Waals surface area (Å²) in [7, 11) is 0. The zero-order valence-corrected chi connectivity index (χ0v) is 8.84. The van der Waals surface area contributed by atoms with Crippen molar-refractivity contribution in [1.82, 2.24) is 20.7 Å². The molecule has 0 spiro atoms. The zero-order valence-electron chi connectivity index (χ0n) is 8.84. The molecule has 1 aromatic carbocycles. The highest BCUT2D eigenvalue weighted by Crippen LogP contribution is 2.11. The molecule has 0 aliphatic rings. The van der Waals surface area contributed by atoms with E-state index >= 15 is 0 Å². The van der Waals surface area contributed by atoms with Crippen LogP contribution in [0.15, 0.2) is 36.5 Å². The van der Waals surface area contributed by atoms with Crippen molar-refractivity contribution in [3.8, 4) is 0 Å². The molecule has 1 heterocycles. The van der Waals surface area contributed by atoms with Crippen LogP contribution in [0.3, 0.4) is 0 Å². The van der Waals surface area contributed by atoms with Crippen LogP contribution < -0.4 is 5.32 Å². The maximum Gasteiger partial charge on any atom is 0.273 e. The Labute approximate surface area is 92.9 Å². The summed E-state index contributed by atoms with van der Waals surface area (Å²) in [5, 5.41) is 12.5. The molecule has 2 aromatic rings. The summed E-state index contributed by atoms with van der Waals surface area (Å²) < 4.78 is 0. The quantitative estimate of drug-likeness (QED) is 0.812. The highest BCUT2D eigenvalue weighted by molar-refractivity contribution is 5.92. The molecule has 2 N–H and O–H groups in total. The molecule has 0 fully saturated rings. The molecular formula is C11H12N4O. The van der Waals surface area contributed by atoms with Crippen molar-refractivity contribution >= 4 is 5.91 Å². The van der Waals surface area contributed by atoms with Crippen LogP contribution in [0, 0.1) is 0 Å². The van der Waals surface area contributed by atoms with Gasteiger partial charge in [0.05, 0.1) is 12.2 Å². The Bertz CT molecular complexity index is 452. The first-order valence-electron chi connectivity index (χ1n) is 4.99. The number of aromatic nitrogens is 3. The van der Waals surface area contributed by atoms with E-state index in [4.69, 9.17) is 0 Å². The smallest absolute Gasteiger partial charge is 0.273 e. The van der Waals surface area contributed by atoms with E-state index < -0.39 is 0 Å². The molecule has 16 heavy (non-hydrogen) atoms. The fourth-order valence-electron chi connectivity index (χ4n) is 1.41. The van der Waals surface area contributed by atoms with E-state index in [9.17, 15) is 4.79 Å². The fourth-order valence-corrected chi connectivity index (χ4v) is 1.41. The van der Waals surface area contributed by atoms with E-state index in [1.807, 2.05) is 37.3 Å². The van der Waals surface area contributed by atoms with Crippen LogP contribution >= 0.6 is 0 Å². The number of carbonyl (C=O) groups is 1. The van der Waals surface area contributed by atoms with Crippen LogP contribution in [0.4, 0.5) is 0 Å². The molecule has 0 bridgehead atoms. The molecule has 0 aliphatic carbocycles. The number of hydrogen-bond donors (Lipinski definition) is 2. The highest BCUT2D eigenvalue weighted by Gasteiger charge is 2.12. The molecule has 82 valence electrons. The summed E-state index contributed by atoms with van der Waals surface area (Å²) in [6, 6.07) is 9.70. The minimum atomic E-state index is -0.231. The molecule has 0 unspecified atom stereocenters. The van der Waals surface area contributed by atoms with E-state index in [2.05, 4.69) is 20.7 Å². The number of benzene rings is 1. The molecule has 5 heteroatoms. The predicted molar refractivity (Wildman–Crippen MR) is 58.7 cm³/mol. The number of aromatic amines is 1. The third kappa shape index (κ3) is 2.25. The van der Waals surface area contributed by atoms with Gasteiger partial charge in [-0.3, -0.25) is 4.79 Å². The first-order valence-corrected chi connectivity index (χ1v) is 4.99.